The summed E-state index contributed by atoms with van der Waals surface area (Å²) in [5.41, 5.74) is 7.29. The molecule has 1 aliphatic heterocycles. The molecule has 0 bridgehead atoms. The number of carbonyl (C=O) groups excluding carboxylic acids is 1. The Kier molecular flexibility index (Phi) is 4.33. The second kappa shape index (κ2) is 5.98. The molecule has 98 valence electrons. The third kappa shape index (κ3) is 3.31. The smallest absolute Gasteiger partial charge is 0.251 e. The van der Waals surface area contributed by atoms with Crippen LogP contribution in [0.4, 0.5) is 0 Å². The highest BCUT2D eigenvalue weighted by Crippen LogP contribution is 2.10. The summed E-state index contributed by atoms with van der Waals surface area (Å²) >= 11 is 0. The minimum absolute atomic E-state index is 0.0214. The minimum atomic E-state index is 0.0214. The van der Waals surface area contributed by atoms with Crippen LogP contribution in [0.3, 0.4) is 0 Å². The molecule has 1 saturated heterocycles. The second-order valence-corrected chi connectivity index (χ2v) is 4.95. The van der Waals surface area contributed by atoms with Crippen molar-refractivity contribution in [3.8, 4) is 0 Å². The first kappa shape index (κ1) is 13.1. The van der Waals surface area contributed by atoms with Gasteiger partial charge >= 0.3 is 0 Å². The average Bonchev–Trinajstić information content (AvgIpc) is 2.41. The van der Waals surface area contributed by atoms with Crippen LogP contribution in [0.5, 0.6) is 0 Å². The molecule has 4 heteroatoms. The van der Waals surface area contributed by atoms with E-state index in [1.807, 2.05) is 24.3 Å². The lowest BCUT2D eigenvalue weighted by molar-refractivity contribution is 0.0917. The van der Waals surface area contributed by atoms with Crippen molar-refractivity contribution in [2.24, 2.45) is 5.73 Å². The molecule has 0 unspecified atom stereocenters. The van der Waals surface area contributed by atoms with Crippen molar-refractivity contribution in [2.45, 2.75) is 25.4 Å². The highest BCUT2D eigenvalue weighted by Gasteiger charge is 2.18. The fourth-order valence-corrected chi connectivity index (χ4v) is 2.21. The monoisotopic (exact) mass is 247 g/mol. The normalized spacial score (nSPS) is 17.7. The molecule has 0 atom stereocenters. The standard InChI is InChI=1S/C14H21N3O/c1-17-8-6-13(7-9-17)16-14(18)12-4-2-11(10-15)3-5-12/h2-5,13H,6-10,15H2,1H3,(H,16,18). The average molecular weight is 247 g/mol. The van der Waals surface area contributed by atoms with E-state index in [0.29, 0.717) is 18.2 Å². The predicted octanol–water partition coefficient (Wildman–Crippen LogP) is 0.969. The van der Waals surface area contributed by atoms with Gasteiger partial charge in [-0.1, -0.05) is 12.1 Å². The van der Waals surface area contributed by atoms with Crippen LogP contribution in [0.2, 0.25) is 0 Å². The Labute approximate surface area is 108 Å². The number of benzene rings is 1. The maximum Gasteiger partial charge on any atom is 0.251 e. The van der Waals surface area contributed by atoms with Gasteiger partial charge in [-0.25, -0.2) is 0 Å². The molecule has 1 aliphatic rings. The summed E-state index contributed by atoms with van der Waals surface area (Å²) in [6.45, 7) is 2.62. The molecule has 0 aromatic heterocycles. The highest BCUT2D eigenvalue weighted by molar-refractivity contribution is 5.94. The highest BCUT2D eigenvalue weighted by atomic mass is 16.1. The number of nitrogens with zero attached hydrogens (tertiary/aromatic N) is 1. The van der Waals surface area contributed by atoms with Crippen molar-refractivity contribution >= 4 is 5.91 Å². The van der Waals surface area contributed by atoms with E-state index in [1.54, 1.807) is 0 Å². The Balaban J connectivity index is 1.90. The number of nitrogens with two attached hydrogens (primary N) is 1. The quantitative estimate of drug-likeness (QED) is 0.836. The molecule has 0 saturated carbocycles. The molecule has 18 heavy (non-hydrogen) atoms. The fourth-order valence-electron chi connectivity index (χ4n) is 2.21. The Bertz CT molecular complexity index is 394. The van der Waals surface area contributed by atoms with Crippen molar-refractivity contribution in [3.63, 3.8) is 0 Å². The van der Waals surface area contributed by atoms with E-state index in [9.17, 15) is 4.79 Å². The molecule has 0 aliphatic carbocycles. The third-order valence-corrected chi connectivity index (χ3v) is 3.51. The molecule has 1 amide bonds. The summed E-state index contributed by atoms with van der Waals surface area (Å²) in [6, 6.07) is 7.80. The molecular weight excluding hydrogens is 226 g/mol. The van der Waals surface area contributed by atoms with Crippen LogP contribution in [-0.4, -0.2) is 37.0 Å². The minimum Gasteiger partial charge on any atom is -0.349 e. The number of piperidine rings is 1. The van der Waals surface area contributed by atoms with Crippen LogP contribution < -0.4 is 11.1 Å². The van der Waals surface area contributed by atoms with Crippen molar-refractivity contribution in [1.82, 2.24) is 10.2 Å². The molecule has 1 aromatic rings. The van der Waals surface area contributed by atoms with Crippen LogP contribution in [0.1, 0.15) is 28.8 Å². The van der Waals surface area contributed by atoms with E-state index in [0.717, 1.165) is 31.5 Å². The zero-order valence-corrected chi connectivity index (χ0v) is 10.9. The van der Waals surface area contributed by atoms with Crippen molar-refractivity contribution in [2.75, 3.05) is 20.1 Å². The van der Waals surface area contributed by atoms with Crippen molar-refractivity contribution < 1.29 is 4.79 Å². The summed E-state index contributed by atoms with van der Waals surface area (Å²) in [5, 5.41) is 3.10. The van der Waals surface area contributed by atoms with Gasteiger partial charge in [0.25, 0.3) is 5.91 Å². The zero-order chi connectivity index (χ0) is 13.0. The SMILES string of the molecule is CN1CCC(NC(=O)c2ccc(CN)cc2)CC1. The summed E-state index contributed by atoms with van der Waals surface area (Å²) in [7, 11) is 2.11. The van der Waals surface area contributed by atoms with Gasteiger partial charge in [0.05, 0.1) is 0 Å². The van der Waals surface area contributed by atoms with Crippen molar-refractivity contribution in [1.29, 1.82) is 0 Å². The molecule has 2 rings (SSSR count). The Morgan fingerprint density at radius 1 is 1.33 bits per heavy atom. The second-order valence-electron chi connectivity index (χ2n) is 4.95. The first-order valence-corrected chi connectivity index (χ1v) is 6.47. The van der Waals surface area contributed by atoms with E-state index in [2.05, 4.69) is 17.3 Å². The Morgan fingerprint density at radius 2 is 1.94 bits per heavy atom. The van der Waals surface area contributed by atoms with Gasteiger partial charge in [-0.3, -0.25) is 4.79 Å². The van der Waals surface area contributed by atoms with Gasteiger partial charge in [-0.05, 0) is 50.7 Å². The first-order chi connectivity index (χ1) is 8.69. The molecular formula is C14H21N3O. The van der Waals surface area contributed by atoms with Gasteiger partial charge in [-0.15, -0.1) is 0 Å². The van der Waals surface area contributed by atoms with Gasteiger partial charge in [0.15, 0.2) is 0 Å². The lowest BCUT2D eigenvalue weighted by Crippen LogP contribution is -2.43. The first-order valence-electron chi connectivity index (χ1n) is 6.47. The van der Waals surface area contributed by atoms with E-state index in [4.69, 9.17) is 5.73 Å². The van der Waals surface area contributed by atoms with Gasteiger partial charge in [0, 0.05) is 18.2 Å². The predicted molar refractivity (Wildman–Crippen MR) is 72.3 cm³/mol. The topological polar surface area (TPSA) is 58.4 Å². The van der Waals surface area contributed by atoms with Gasteiger partial charge in [-0.2, -0.15) is 0 Å². The van der Waals surface area contributed by atoms with Crippen LogP contribution in [0.25, 0.3) is 0 Å². The third-order valence-electron chi connectivity index (χ3n) is 3.51. The number of carbonyl (C=O) groups is 1. The number of hydrogen-bond donors (Lipinski definition) is 2. The lowest BCUT2D eigenvalue weighted by Gasteiger charge is -2.29. The van der Waals surface area contributed by atoms with Crippen LogP contribution in [0.15, 0.2) is 24.3 Å². The molecule has 0 spiro atoms. The summed E-state index contributed by atoms with van der Waals surface area (Å²) in [6.07, 6.45) is 2.06. The molecule has 3 N–H and O–H groups in total. The number of rotatable bonds is 3. The zero-order valence-electron chi connectivity index (χ0n) is 10.9. The number of likely N-dealkylation sites (tertiary alicyclic amines) is 1. The Hall–Kier alpha value is -1.39. The number of nitrogens with one attached hydrogen (secondary N) is 1. The maximum atomic E-state index is 12.0. The van der Waals surface area contributed by atoms with Crippen LogP contribution in [-0.2, 0) is 6.54 Å². The molecule has 1 aromatic carbocycles. The molecule has 4 nitrogen and oxygen atoms in total. The van der Waals surface area contributed by atoms with E-state index < -0.39 is 0 Å². The van der Waals surface area contributed by atoms with Crippen LogP contribution >= 0.6 is 0 Å². The van der Waals surface area contributed by atoms with Crippen molar-refractivity contribution in [3.05, 3.63) is 35.4 Å². The van der Waals surface area contributed by atoms with Gasteiger partial charge in [0.2, 0.25) is 0 Å². The van der Waals surface area contributed by atoms with E-state index >= 15 is 0 Å². The van der Waals surface area contributed by atoms with E-state index in [-0.39, 0.29) is 5.91 Å². The van der Waals surface area contributed by atoms with Gasteiger partial charge < -0.3 is 16.0 Å². The summed E-state index contributed by atoms with van der Waals surface area (Å²) in [5.74, 6) is 0.0214. The van der Waals surface area contributed by atoms with Gasteiger partial charge in [0.1, 0.15) is 0 Å². The Morgan fingerprint density at radius 3 is 2.50 bits per heavy atom. The van der Waals surface area contributed by atoms with E-state index in [1.165, 1.54) is 0 Å². The molecule has 1 heterocycles. The van der Waals surface area contributed by atoms with Crippen LogP contribution in [0, 0.1) is 0 Å². The largest absolute Gasteiger partial charge is 0.349 e. The fraction of sp³-hybridized carbons (Fsp3) is 0.500. The molecule has 0 radical (unpaired) electrons. The number of amides is 1. The number of hydrogen-bond acceptors (Lipinski definition) is 3. The maximum absolute atomic E-state index is 12.0. The molecule has 1 fully saturated rings. The lowest BCUT2D eigenvalue weighted by atomic mass is 10.0. The summed E-state index contributed by atoms with van der Waals surface area (Å²) in [4.78, 5) is 14.3. The summed E-state index contributed by atoms with van der Waals surface area (Å²) < 4.78 is 0.